The standard InChI is InChI=1S/C4H6INO2/c1-4(5)2-6-3(7)8-4/h2H2,1H3,(H,6,7). The van der Waals surface area contributed by atoms with Gasteiger partial charge in [-0.05, 0) is 29.5 Å². The Morgan fingerprint density at radius 3 is 2.75 bits per heavy atom. The van der Waals surface area contributed by atoms with E-state index < -0.39 is 0 Å². The van der Waals surface area contributed by atoms with Gasteiger partial charge >= 0.3 is 6.09 Å². The summed E-state index contributed by atoms with van der Waals surface area (Å²) >= 11 is 2.08. The first kappa shape index (κ1) is 6.12. The Morgan fingerprint density at radius 1 is 2.00 bits per heavy atom. The number of carbonyl (C=O) groups is 1. The summed E-state index contributed by atoms with van der Waals surface area (Å²) < 4.78 is 4.46. The van der Waals surface area contributed by atoms with Crippen molar-refractivity contribution in [3.63, 3.8) is 0 Å². The smallest absolute Gasteiger partial charge is 0.408 e. The van der Waals surface area contributed by atoms with Gasteiger partial charge in [-0.1, -0.05) is 0 Å². The fourth-order valence-corrected chi connectivity index (χ4v) is 0.886. The molecule has 1 heterocycles. The predicted molar refractivity (Wildman–Crippen MR) is 36.9 cm³/mol. The molecule has 0 aromatic rings. The lowest BCUT2D eigenvalue weighted by Crippen LogP contribution is -2.19. The molecule has 0 bridgehead atoms. The number of alkyl halides is 1. The first-order valence-corrected chi connectivity index (χ1v) is 3.34. The minimum absolute atomic E-state index is 0.318. The minimum Gasteiger partial charge on any atom is -0.431 e. The van der Waals surface area contributed by atoms with Crippen molar-refractivity contribution >= 4 is 28.7 Å². The molecule has 1 fully saturated rings. The van der Waals surface area contributed by atoms with Crippen LogP contribution < -0.4 is 5.32 Å². The molecular formula is C4H6INO2. The summed E-state index contributed by atoms with van der Waals surface area (Å²) in [7, 11) is 0. The second-order valence-electron chi connectivity index (χ2n) is 1.84. The van der Waals surface area contributed by atoms with E-state index in [9.17, 15) is 4.79 Å². The summed E-state index contributed by atoms with van der Waals surface area (Å²) in [6.07, 6.45) is -0.318. The van der Waals surface area contributed by atoms with Crippen LogP contribution in [-0.4, -0.2) is 16.2 Å². The van der Waals surface area contributed by atoms with Gasteiger partial charge in [0.05, 0.1) is 6.54 Å². The summed E-state index contributed by atoms with van der Waals surface area (Å²) in [4.78, 5) is 10.3. The number of carbonyl (C=O) groups excluding carboxylic acids is 1. The Labute approximate surface area is 60.9 Å². The van der Waals surface area contributed by atoms with Crippen LogP contribution in [0.4, 0.5) is 4.79 Å². The molecule has 46 valence electrons. The van der Waals surface area contributed by atoms with Crippen LogP contribution in [0.3, 0.4) is 0 Å². The van der Waals surface area contributed by atoms with Crippen molar-refractivity contribution in [2.24, 2.45) is 0 Å². The largest absolute Gasteiger partial charge is 0.431 e. The van der Waals surface area contributed by atoms with Gasteiger partial charge in [-0.3, -0.25) is 0 Å². The number of alkyl carbamates (subject to hydrolysis) is 1. The highest BCUT2D eigenvalue weighted by Crippen LogP contribution is 2.22. The lowest BCUT2D eigenvalue weighted by atomic mass is 10.4. The van der Waals surface area contributed by atoms with Gasteiger partial charge in [-0.15, -0.1) is 0 Å². The topological polar surface area (TPSA) is 38.3 Å². The van der Waals surface area contributed by atoms with Crippen molar-refractivity contribution in [3.8, 4) is 0 Å². The van der Waals surface area contributed by atoms with Gasteiger partial charge in [-0.2, -0.15) is 0 Å². The zero-order chi connectivity index (χ0) is 6.20. The van der Waals surface area contributed by atoms with Crippen molar-refractivity contribution in [3.05, 3.63) is 0 Å². The fraction of sp³-hybridized carbons (Fsp3) is 0.750. The molecule has 1 aliphatic heterocycles. The molecule has 0 aromatic carbocycles. The minimum atomic E-state index is -0.325. The van der Waals surface area contributed by atoms with Crippen molar-refractivity contribution in [1.29, 1.82) is 0 Å². The molecule has 4 heteroatoms. The molecule has 1 rings (SSSR count). The first-order chi connectivity index (χ1) is 3.60. The second-order valence-corrected chi connectivity index (χ2v) is 4.13. The van der Waals surface area contributed by atoms with Crippen molar-refractivity contribution in [2.45, 2.75) is 10.5 Å². The zero-order valence-corrected chi connectivity index (χ0v) is 6.56. The zero-order valence-electron chi connectivity index (χ0n) is 4.40. The number of nitrogens with one attached hydrogen (secondary N) is 1. The number of rotatable bonds is 0. The lowest BCUT2D eigenvalue weighted by Gasteiger charge is -2.09. The number of amides is 1. The lowest BCUT2D eigenvalue weighted by molar-refractivity contribution is 0.141. The van der Waals surface area contributed by atoms with E-state index in [-0.39, 0.29) is 9.70 Å². The number of hydrogen-bond acceptors (Lipinski definition) is 2. The van der Waals surface area contributed by atoms with Crippen LogP contribution in [0.15, 0.2) is 0 Å². The summed E-state index contributed by atoms with van der Waals surface area (Å²) in [6, 6.07) is 0. The van der Waals surface area contributed by atoms with E-state index in [1.54, 1.807) is 0 Å². The van der Waals surface area contributed by atoms with Crippen molar-refractivity contribution < 1.29 is 9.53 Å². The molecule has 0 radical (unpaired) electrons. The average Bonchev–Trinajstić information content (AvgIpc) is 1.82. The average molecular weight is 227 g/mol. The highest BCUT2D eigenvalue weighted by atomic mass is 127. The molecule has 0 spiro atoms. The molecule has 8 heavy (non-hydrogen) atoms. The summed E-state index contributed by atoms with van der Waals surface area (Å²) in [5.74, 6) is 0. The molecule has 0 saturated carbocycles. The summed E-state index contributed by atoms with van der Waals surface area (Å²) in [5.41, 5.74) is 0. The molecule has 1 saturated heterocycles. The maximum Gasteiger partial charge on any atom is 0.408 e. The van der Waals surface area contributed by atoms with Gasteiger partial charge < -0.3 is 10.1 Å². The van der Waals surface area contributed by atoms with E-state index in [1.807, 2.05) is 6.92 Å². The van der Waals surface area contributed by atoms with Crippen LogP contribution in [0, 0.1) is 0 Å². The third-order valence-electron chi connectivity index (χ3n) is 0.854. The second kappa shape index (κ2) is 1.75. The summed E-state index contributed by atoms with van der Waals surface area (Å²) in [5, 5.41) is 2.54. The third-order valence-corrected chi connectivity index (χ3v) is 1.46. The van der Waals surface area contributed by atoms with Crippen molar-refractivity contribution in [2.75, 3.05) is 6.54 Å². The molecule has 0 aliphatic carbocycles. The highest BCUT2D eigenvalue weighted by Gasteiger charge is 2.31. The molecule has 1 aliphatic rings. The van der Waals surface area contributed by atoms with E-state index in [4.69, 9.17) is 4.74 Å². The normalized spacial score (nSPS) is 36.5. The number of hydrogen-bond donors (Lipinski definition) is 1. The van der Waals surface area contributed by atoms with Crippen LogP contribution in [-0.2, 0) is 4.74 Å². The highest BCUT2D eigenvalue weighted by molar-refractivity contribution is 14.1. The molecule has 1 atom stereocenters. The maximum atomic E-state index is 10.3. The van der Waals surface area contributed by atoms with Crippen LogP contribution in [0.1, 0.15) is 6.92 Å². The Kier molecular flexibility index (Phi) is 1.34. The van der Waals surface area contributed by atoms with E-state index in [1.165, 1.54) is 0 Å². The molecule has 1 N–H and O–H groups in total. The summed E-state index contributed by atoms with van der Waals surface area (Å²) in [6.45, 7) is 2.46. The first-order valence-electron chi connectivity index (χ1n) is 2.26. The van der Waals surface area contributed by atoms with Gasteiger partial charge in [0.1, 0.15) is 0 Å². The molecule has 0 aromatic heterocycles. The van der Waals surface area contributed by atoms with Crippen LogP contribution in [0.2, 0.25) is 0 Å². The number of ether oxygens (including phenoxy) is 1. The Hall–Kier alpha value is 0. The van der Waals surface area contributed by atoms with Gasteiger partial charge in [0.2, 0.25) is 0 Å². The monoisotopic (exact) mass is 227 g/mol. The Balaban J connectivity index is 2.56. The maximum absolute atomic E-state index is 10.3. The fourth-order valence-electron chi connectivity index (χ4n) is 0.495. The van der Waals surface area contributed by atoms with Gasteiger partial charge in [-0.25, -0.2) is 4.79 Å². The molecular weight excluding hydrogens is 221 g/mol. The Morgan fingerprint density at radius 2 is 2.62 bits per heavy atom. The molecule has 3 nitrogen and oxygen atoms in total. The van der Waals surface area contributed by atoms with Crippen molar-refractivity contribution in [1.82, 2.24) is 5.32 Å². The van der Waals surface area contributed by atoms with E-state index in [2.05, 4.69) is 27.9 Å². The van der Waals surface area contributed by atoms with E-state index in [0.717, 1.165) is 0 Å². The van der Waals surface area contributed by atoms with Crippen LogP contribution in [0.25, 0.3) is 0 Å². The number of cyclic esters (lactones) is 1. The third kappa shape index (κ3) is 1.24. The predicted octanol–water partition coefficient (Wildman–Crippen LogP) is 0.877. The molecule has 1 amide bonds. The van der Waals surface area contributed by atoms with E-state index >= 15 is 0 Å². The molecule has 1 unspecified atom stereocenters. The van der Waals surface area contributed by atoms with E-state index in [0.29, 0.717) is 6.54 Å². The SMILES string of the molecule is CC1(I)CNC(=O)O1. The quantitative estimate of drug-likeness (QED) is 0.492. The van der Waals surface area contributed by atoms with Crippen LogP contribution in [0.5, 0.6) is 0 Å². The Bertz CT molecular complexity index is 123. The van der Waals surface area contributed by atoms with Gasteiger partial charge in [0.25, 0.3) is 0 Å². The number of halogens is 1. The van der Waals surface area contributed by atoms with Gasteiger partial charge in [0, 0.05) is 0 Å². The van der Waals surface area contributed by atoms with Crippen LogP contribution >= 0.6 is 22.6 Å². The van der Waals surface area contributed by atoms with Gasteiger partial charge in [0.15, 0.2) is 3.61 Å².